The maximum absolute atomic E-state index is 14.9. The van der Waals surface area contributed by atoms with E-state index in [1.165, 1.54) is 21.3 Å². The summed E-state index contributed by atoms with van der Waals surface area (Å²) in [6.45, 7) is 2.30. The minimum Gasteiger partial charge on any atom is -0.507 e. The summed E-state index contributed by atoms with van der Waals surface area (Å²) in [5.74, 6) is -0.578. The van der Waals surface area contributed by atoms with Crippen molar-refractivity contribution in [2.75, 3.05) is 31.1 Å². The highest BCUT2D eigenvalue weighted by atomic mass is 35.5. The molecule has 0 bridgehead atoms. The summed E-state index contributed by atoms with van der Waals surface area (Å²) in [6.07, 6.45) is 3.76. The highest BCUT2D eigenvalue weighted by Gasteiger charge is 2.34. The molecule has 0 radical (unpaired) electrons. The molecule has 1 amide bonds. The Kier molecular flexibility index (Phi) is 6.31. The third-order valence-electron chi connectivity index (χ3n) is 7.46. The molecule has 2 fully saturated rings. The van der Waals surface area contributed by atoms with Gasteiger partial charge in [0.25, 0.3) is 0 Å². The number of aromatic nitrogens is 2. The zero-order valence-electron chi connectivity index (χ0n) is 21.2. The zero-order valence-corrected chi connectivity index (χ0v) is 21.9. The smallest absolute Gasteiger partial charge is 0.410 e. The first-order valence-corrected chi connectivity index (χ1v) is 13.0. The van der Waals surface area contributed by atoms with Crippen LogP contribution in [-0.2, 0) is 11.8 Å². The summed E-state index contributed by atoms with van der Waals surface area (Å²) in [5, 5.41) is 11.6. The van der Waals surface area contributed by atoms with Crippen LogP contribution < -0.4 is 10.6 Å². The second-order valence-electron chi connectivity index (χ2n) is 9.82. The monoisotopic (exact) mass is 548 g/mol. The van der Waals surface area contributed by atoms with E-state index >= 15 is 0 Å². The second-order valence-corrected chi connectivity index (χ2v) is 10.2. The molecule has 4 aromatic rings. The van der Waals surface area contributed by atoms with Crippen molar-refractivity contribution in [1.29, 1.82) is 0 Å². The summed E-state index contributed by atoms with van der Waals surface area (Å²) >= 11 is 6.53. The molecule has 1 unspecified atom stereocenters. The number of hydrogen-bond donors (Lipinski definition) is 1. The molecule has 0 aliphatic carbocycles. The Bertz CT molecular complexity index is 1650. The molecule has 2 aliphatic heterocycles. The number of hydrogen-bond acceptors (Lipinski definition) is 5. The zero-order chi connectivity index (χ0) is 27.3. The van der Waals surface area contributed by atoms with Gasteiger partial charge in [0.1, 0.15) is 11.6 Å². The molecule has 2 aliphatic rings. The first kappa shape index (κ1) is 25.1. The summed E-state index contributed by atoms with van der Waals surface area (Å²) in [5.41, 5.74) is 2.99. The molecule has 0 spiro atoms. The fourth-order valence-corrected chi connectivity index (χ4v) is 5.64. The lowest BCUT2D eigenvalue weighted by atomic mass is 9.96. The Labute approximate surface area is 229 Å². The minimum absolute atomic E-state index is 0.0749. The number of cyclic esters (lactones) is 1. The molecule has 3 heterocycles. The Morgan fingerprint density at radius 3 is 2.49 bits per heavy atom. The van der Waals surface area contributed by atoms with Gasteiger partial charge < -0.3 is 24.2 Å². The topological polar surface area (TPSA) is 79.9 Å². The van der Waals surface area contributed by atoms with E-state index in [2.05, 4.69) is 4.90 Å². The van der Waals surface area contributed by atoms with Crippen LogP contribution in [0.2, 0.25) is 5.02 Å². The summed E-state index contributed by atoms with van der Waals surface area (Å²) in [6, 6.07) is 15.2. The number of aromatic hydroxyl groups is 1. The van der Waals surface area contributed by atoms with Crippen molar-refractivity contribution in [1.82, 2.24) is 14.0 Å². The molecule has 2 saturated heterocycles. The number of aryl methyl sites for hydroxylation is 1. The average Bonchev–Trinajstić information content (AvgIpc) is 3.27. The molecule has 1 aromatic heterocycles. The van der Waals surface area contributed by atoms with Crippen molar-refractivity contribution in [3.63, 3.8) is 0 Å². The van der Waals surface area contributed by atoms with Crippen molar-refractivity contribution in [2.45, 2.75) is 12.5 Å². The van der Waals surface area contributed by atoms with E-state index in [-0.39, 0.29) is 23.6 Å². The molecule has 6 rings (SSSR count). The highest BCUT2D eigenvalue weighted by molar-refractivity contribution is 6.32. The summed E-state index contributed by atoms with van der Waals surface area (Å²) in [4.78, 5) is 28.4. The van der Waals surface area contributed by atoms with Gasteiger partial charge in [0.2, 0.25) is 0 Å². The number of carbonyl (C=O) groups is 1. The van der Waals surface area contributed by atoms with Crippen LogP contribution in [0.25, 0.3) is 27.9 Å². The van der Waals surface area contributed by atoms with Gasteiger partial charge in [-0.2, -0.15) is 0 Å². The quantitative estimate of drug-likeness (QED) is 0.386. The summed E-state index contributed by atoms with van der Waals surface area (Å²) in [7, 11) is 1.65. The molecule has 39 heavy (non-hydrogen) atoms. The van der Waals surface area contributed by atoms with Crippen LogP contribution in [0.3, 0.4) is 0 Å². The van der Waals surface area contributed by atoms with E-state index in [4.69, 9.17) is 16.3 Å². The van der Waals surface area contributed by atoms with Crippen LogP contribution in [0.5, 0.6) is 5.75 Å². The lowest BCUT2D eigenvalue weighted by molar-refractivity contribution is 0.0399. The van der Waals surface area contributed by atoms with E-state index in [1.54, 1.807) is 42.5 Å². The third kappa shape index (κ3) is 4.52. The number of rotatable bonds is 4. The Hall–Kier alpha value is -4.24. The fraction of sp³-hybridized carbons (Fsp3) is 0.241. The van der Waals surface area contributed by atoms with E-state index in [0.29, 0.717) is 59.2 Å². The number of phenols is 1. The first-order chi connectivity index (χ1) is 18.8. The molecule has 200 valence electrons. The van der Waals surface area contributed by atoms with E-state index < -0.39 is 5.82 Å². The average molecular weight is 549 g/mol. The second kappa shape index (κ2) is 9.81. The highest BCUT2D eigenvalue weighted by Crippen LogP contribution is 2.41. The van der Waals surface area contributed by atoms with Crippen LogP contribution >= 0.6 is 11.6 Å². The van der Waals surface area contributed by atoms with Gasteiger partial charge in [-0.15, -0.1) is 0 Å². The van der Waals surface area contributed by atoms with E-state index in [9.17, 15) is 19.1 Å². The van der Waals surface area contributed by atoms with Gasteiger partial charge in [-0.05, 0) is 47.5 Å². The molecule has 8 nitrogen and oxygen atoms in total. The molecule has 10 heteroatoms. The van der Waals surface area contributed by atoms with Gasteiger partial charge in [-0.1, -0.05) is 29.8 Å². The van der Waals surface area contributed by atoms with Crippen LogP contribution in [-0.4, -0.2) is 57.5 Å². The van der Waals surface area contributed by atoms with E-state index in [1.807, 2.05) is 24.3 Å². The lowest BCUT2D eigenvalue weighted by Crippen LogP contribution is -2.58. The van der Waals surface area contributed by atoms with Gasteiger partial charge in [-0.25, -0.2) is 14.0 Å². The fourth-order valence-electron chi connectivity index (χ4n) is 5.37. The van der Waals surface area contributed by atoms with Gasteiger partial charge in [0.15, 0.2) is 0 Å². The van der Waals surface area contributed by atoms with Gasteiger partial charge >= 0.3 is 11.8 Å². The number of fused-ring (bicyclic) bond motifs is 1. The van der Waals surface area contributed by atoms with Crippen LogP contribution in [0, 0.1) is 5.82 Å². The van der Waals surface area contributed by atoms with Gasteiger partial charge in [0.05, 0.1) is 23.4 Å². The van der Waals surface area contributed by atoms with Gasteiger partial charge in [0, 0.05) is 62.3 Å². The molecular formula is C29H26ClFN4O4. The number of anilines is 1. The summed E-state index contributed by atoms with van der Waals surface area (Å²) < 4.78 is 22.9. The van der Waals surface area contributed by atoms with Crippen molar-refractivity contribution in [2.24, 2.45) is 7.05 Å². The molecule has 0 saturated carbocycles. The van der Waals surface area contributed by atoms with E-state index in [0.717, 1.165) is 12.1 Å². The Morgan fingerprint density at radius 2 is 1.77 bits per heavy atom. The van der Waals surface area contributed by atoms with Gasteiger partial charge in [-0.3, -0.25) is 4.57 Å². The number of piperazine rings is 1. The number of imidazole rings is 1. The Balaban J connectivity index is 1.33. The third-order valence-corrected chi connectivity index (χ3v) is 7.76. The van der Waals surface area contributed by atoms with Crippen molar-refractivity contribution < 1.29 is 19.0 Å². The first-order valence-electron chi connectivity index (χ1n) is 12.7. The molecule has 3 aromatic carbocycles. The minimum atomic E-state index is -0.503. The predicted octanol–water partition coefficient (Wildman–Crippen LogP) is 5.04. The molecular weight excluding hydrogens is 523 g/mol. The number of halogens is 2. The van der Waals surface area contributed by atoms with Crippen LogP contribution in [0.15, 0.2) is 71.8 Å². The van der Waals surface area contributed by atoms with Crippen LogP contribution in [0.4, 0.5) is 14.9 Å². The number of ether oxygens (including phenoxy) is 1. The SMILES string of the molecule is Cn1ccn(-c2ccc(-c3cc(F)cc(-c4cccc(N5CCN6C(=O)OCCC6C5)c4)c3O)cc2Cl)c1=O. The predicted molar refractivity (Wildman–Crippen MR) is 147 cm³/mol. The lowest BCUT2D eigenvalue weighted by Gasteiger charge is -2.44. The number of carbonyl (C=O) groups excluding carboxylic acids is 1. The molecule has 1 N–H and O–H groups in total. The largest absolute Gasteiger partial charge is 0.507 e. The van der Waals surface area contributed by atoms with Crippen molar-refractivity contribution in [3.05, 3.63) is 88.3 Å². The maximum atomic E-state index is 14.9. The number of benzene rings is 3. The number of phenolic OH excluding ortho intramolecular Hbond substituents is 1. The maximum Gasteiger partial charge on any atom is 0.410 e. The van der Waals surface area contributed by atoms with Crippen LogP contribution in [0.1, 0.15) is 6.42 Å². The van der Waals surface area contributed by atoms with Crippen molar-refractivity contribution in [3.8, 4) is 33.7 Å². The van der Waals surface area contributed by atoms with Crippen molar-refractivity contribution >= 4 is 23.4 Å². The number of nitrogens with zero attached hydrogens (tertiary/aromatic N) is 4. The number of amides is 1. The standard InChI is InChI=1S/C29H26ClFN4O4/c1-32-8-10-35(28(32)37)26-6-5-19(14-25(26)30)24-16-20(31)15-23(27(24)36)18-3-2-4-21(13-18)33-9-11-34-22(17-33)7-12-39-29(34)38/h2-6,8,10,13-16,22,36H,7,9,11-12,17H2,1H3. The normalized spacial score (nSPS) is 17.2. The Morgan fingerprint density at radius 1 is 1.00 bits per heavy atom. The molecule has 1 atom stereocenters.